The van der Waals surface area contributed by atoms with E-state index in [2.05, 4.69) is 53.9 Å². The number of likely N-dealkylation sites (N-methyl/N-ethyl adjacent to an activating group) is 1. The SMILES string of the molecule is CCNCC1OCC(N(CC2OCCc3sccc32)C(C)C)c2sccc21. The molecule has 3 unspecified atom stereocenters. The van der Waals surface area contributed by atoms with Crippen LogP contribution < -0.4 is 5.32 Å². The summed E-state index contributed by atoms with van der Waals surface area (Å²) in [5, 5.41) is 7.86. The summed E-state index contributed by atoms with van der Waals surface area (Å²) in [7, 11) is 0. The van der Waals surface area contributed by atoms with Gasteiger partial charge in [0.15, 0.2) is 0 Å². The number of hydrogen-bond donors (Lipinski definition) is 1. The zero-order chi connectivity index (χ0) is 18.8. The van der Waals surface area contributed by atoms with Gasteiger partial charge in [-0.2, -0.15) is 0 Å². The largest absolute Gasteiger partial charge is 0.372 e. The lowest BCUT2D eigenvalue weighted by atomic mass is 9.99. The highest BCUT2D eigenvalue weighted by Gasteiger charge is 2.36. The van der Waals surface area contributed by atoms with E-state index in [1.807, 2.05) is 22.7 Å². The van der Waals surface area contributed by atoms with Crippen LogP contribution in [0.1, 0.15) is 59.9 Å². The van der Waals surface area contributed by atoms with Crippen LogP contribution in [0.3, 0.4) is 0 Å². The Morgan fingerprint density at radius 1 is 1.15 bits per heavy atom. The van der Waals surface area contributed by atoms with Crippen LogP contribution in [-0.4, -0.2) is 43.8 Å². The molecule has 2 aliphatic rings. The van der Waals surface area contributed by atoms with Crippen molar-refractivity contribution in [1.82, 2.24) is 10.2 Å². The third-order valence-electron chi connectivity index (χ3n) is 5.63. The lowest BCUT2D eigenvalue weighted by Gasteiger charge is -2.41. The van der Waals surface area contributed by atoms with Gasteiger partial charge >= 0.3 is 0 Å². The molecule has 1 N–H and O–H groups in total. The minimum absolute atomic E-state index is 0.172. The van der Waals surface area contributed by atoms with Gasteiger partial charge in [0, 0.05) is 35.3 Å². The molecule has 0 spiro atoms. The number of ether oxygens (including phenoxy) is 2. The normalized spacial score (nSPS) is 25.0. The van der Waals surface area contributed by atoms with Crippen molar-refractivity contribution in [2.75, 3.05) is 32.8 Å². The first kappa shape index (κ1) is 19.6. The second kappa shape index (κ2) is 8.72. The van der Waals surface area contributed by atoms with Crippen molar-refractivity contribution in [3.05, 3.63) is 43.8 Å². The van der Waals surface area contributed by atoms with E-state index < -0.39 is 0 Å². The highest BCUT2D eigenvalue weighted by atomic mass is 32.1. The van der Waals surface area contributed by atoms with Gasteiger partial charge in [-0.05, 0) is 54.4 Å². The lowest BCUT2D eigenvalue weighted by Crippen LogP contribution is -2.43. The molecule has 0 aromatic carbocycles. The third kappa shape index (κ3) is 4.02. The molecule has 6 heteroatoms. The highest BCUT2D eigenvalue weighted by molar-refractivity contribution is 7.10. The van der Waals surface area contributed by atoms with Gasteiger partial charge in [-0.3, -0.25) is 4.90 Å². The van der Waals surface area contributed by atoms with Gasteiger partial charge in [0.25, 0.3) is 0 Å². The average molecular weight is 407 g/mol. The Kier molecular flexibility index (Phi) is 6.31. The van der Waals surface area contributed by atoms with Crippen molar-refractivity contribution >= 4 is 22.7 Å². The maximum atomic E-state index is 6.32. The van der Waals surface area contributed by atoms with Gasteiger partial charge < -0.3 is 14.8 Å². The van der Waals surface area contributed by atoms with Crippen molar-refractivity contribution in [1.29, 1.82) is 0 Å². The minimum atomic E-state index is 0.172. The van der Waals surface area contributed by atoms with E-state index in [9.17, 15) is 0 Å². The summed E-state index contributed by atoms with van der Waals surface area (Å²) < 4.78 is 12.5. The van der Waals surface area contributed by atoms with E-state index in [0.29, 0.717) is 12.1 Å². The van der Waals surface area contributed by atoms with Crippen molar-refractivity contribution in [2.24, 2.45) is 0 Å². The fourth-order valence-corrected chi connectivity index (χ4v) is 6.17. The van der Waals surface area contributed by atoms with Crippen molar-refractivity contribution in [3.63, 3.8) is 0 Å². The predicted molar refractivity (Wildman–Crippen MR) is 113 cm³/mol. The smallest absolute Gasteiger partial charge is 0.0962 e. The van der Waals surface area contributed by atoms with E-state index in [0.717, 1.165) is 39.3 Å². The molecule has 3 atom stereocenters. The van der Waals surface area contributed by atoms with Crippen LogP contribution in [-0.2, 0) is 15.9 Å². The second-order valence-electron chi connectivity index (χ2n) is 7.58. The molecule has 2 aromatic heterocycles. The third-order valence-corrected chi connectivity index (χ3v) is 7.66. The first-order valence-corrected chi connectivity index (χ1v) is 11.8. The average Bonchev–Trinajstić information content (AvgIpc) is 3.33. The Labute approximate surface area is 170 Å². The quantitative estimate of drug-likeness (QED) is 0.731. The Morgan fingerprint density at radius 2 is 1.96 bits per heavy atom. The molecule has 0 aliphatic carbocycles. The monoisotopic (exact) mass is 406 g/mol. The number of nitrogens with zero attached hydrogens (tertiary/aromatic N) is 1. The summed E-state index contributed by atoms with van der Waals surface area (Å²) in [6, 6.07) is 5.25. The zero-order valence-electron chi connectivity index (χ0n) is 16.4. The molecule has 0 saturated heterocycles. The summed E-state index contributed by atoms with van der Waals surface area (Å²) in [6.45, 7) is 11.1. The van der Waals surface area contributed by atoms with Gasteiger partial charge in [0.1, 0.15) is 0 Å². The Bertz CT molecular complexity index is 742. The highest BCUT2D eigenvalue weighted by Crippen LogP contribution is 2.41. The Balaban J connectivity index is 1.55. The number of fused-ring (bicyclic) bond motifs is 2. The second-order valence-corrected chi connectivity index (χ2v) is 9.53. The molecule has 2 aliphatic heterocycles. The molecule has 0 amide bonds. The first-order valence-electron chi connectivity index (χ1n) is 10.0. The van der Waals surface area contributed by atoms with Crippen LogP contribution in [0.15, 0.2) is 22.9 Å². The summed E-state index contributed by atoms with van der Waals surface area (Å²) in [6.07, 6.45) is 1.40. The number of hydrogen-bond acceptors (Lipinski definition) is 6. The Hall–Kier alpha value is -0.760. The first-order chi connectivity index (χ1) is 13.2. The van der Waals surface area contributed by atoms with Crippen molar-refractivity contribution < 1.29 is 9.47 Å². The van der Waals surface area contributed by atoms with Gasteiger partial charge in [0.2, 0.25) is 0 Å². The van der Waals surface area contributed by atoms with Gasteiger partial charge in [-0.15, -0.1) is 22.7 Å². The summed E-state index contributed by atoms with van der Waals surface area (Å²) >= 11 is 3.75. The van der Waals surface area contributed by atoms with E-state index >= 15 is 0 Å². The van der Waals surface area contributed by atoms with Gasteiger partial charge in [0.05, 0.1) is 31.5 Å². The van der Waals surface area contributed by atoms with Crippen LogP contribution in [0.4, 0.5) is 0 Å². The lowest BCUT2D eigenvalue weighted by molar-refractivity contribution is -0.0455. The van der Waals surface area contributed by atoms with E-state index in [-0.39, 0.29) is 12.2 Å². The van der Waals surface area contributed by atoms with E-state index in [1.54, 1.807) is 0 Å². The molecule has 0 saturated carbocycles. The predicted octanol–water partition coefficient (Wildman–Crippen LogP) is 4.56. The molecule has 0 radical (unpaired) electrons. The van der Waals surface area contributed by atoms with E-state index in [4.69, 9.17) is 9.47 Å². The number of nitrogens with one attached hydrogen (secondary N) is 1. The van der Waals surface area contributed by atoms with Crippen LogP contribution >= 0.6 is 22.7 Å². The number of rotatable bonds is 7. The maximum absolute atomic E-state index is 6.32. The Morgan fingerprint density at radius 3 is 2.78 bits per heavy atom. The fourth-order valence-electron chi connectivity index (χ4n) is 4.20. The van der Waals surface area contributed by atoms with Crippen LogP contribution in [0.5, 0.6) is 0 Å². The van der Waals surface area contributed by atoms with Crippen LogP contribution in [0.25, 0.3) is 0 Å². The van der Waals surface area contributed by atoms with Crippen LogP contribution in [0, 0.1) is 0 Å². The topological polar surface area (TPSA) is 33.7 Å². The summed E-state index contributed by atoms with van der Waals surface area (Å²) in [5.41, 5.74) is 2.76. The van der Waals surface area contributed by atoms with Crippen molar-refractivity contribution in [2.45, 2.75) is 51.5 Å². The molecule has 4 rings (SSSR count). The molecule has 4 heterocycles. The molecule has 27 heavy (non-hydrogen) atoms. The maximum Gasteiger partial charge on any atom is 0.0962 e. The zero-order valence-corrected chi connectivity index (χ0v) is 18.1. The minimum Gasteiger partial charge on any atom is -0.372 e. The standard InChI is InChI=1S/C21H30N2O2S2/c1-4-22-11-18-16-7-10-27-21(16)17(13-25-18)23(14(2)3)12-19-15-6-9-26-20(15)5-8-24-19/h6-7,9-10,14,17-19,22H,4-5,8,11-13H2,1-3H3. The molecule has 4 nitrogen and oxygen atoms in total. The van der Waals surface area contributed by atoms with Crippen molar-refractivity contribution in [3.8, 4) is 0 Å². The molecular formula is C21H30N2O2S2. The molecule has 148 valence electrons. The molecule has 0 fully saturated rings. The molecule has 2 aromatic rings. The fraction of sp³-hybridized carbons (Fsp3) is 0.619. The van der Waals surface area contributed by atoms with Crippen LogP contribution in [0.2, 0.25) is 0 Å². The van der Waals surface area contributed by atoms with E-state index in [1.165, 1.54) is 20.9 Å². The molecule has 0 bridgehead atoms. The summed E-state index contributed by atoms with van der Waals surface area (Å²) in [4.78, 5) is 5.55. The van der Waals surface area contributed by atoms with Gasteiger partial charge in [-0.25, -0.2) is 0 Å². The number of thiophene rings is 2. The summed E-state index contributed by atoms with van der Waals surface area (Å²) in [5.74, 6) is 0. The molecular weight excluding hydrogens is 376 g/mol. The van der Waals surface area contributed by atoms with Gasteiger partial charge in [-0.1, -0.05) is 6.92 Å².